The molecule has 0 saturated heterocycles. The van der Waals surface area contributed by atoms with E-state index in [1.807, 2.05) is 19.9 Å². The van der Waals surface area contributed by atoms with Crippen molar-refractivity contribution >= 4 is 35.2 Å². The van der Waals surface area contributed by atoms with E-state index in [0.29, 0.717) is 23.1 Å². The summed E-state index contributed by atoms with van der Waals surface area (Å²) in [6, 6.07) is 3.44. The van der Waals surface area contributed by atoms with Gasteiger partial charge >= 0.3 is 5.97 Å². The van der Waals surface area contributed by atoms with E-state index in [-0.39, 0.29) is 29.8 Å². The van der Waals surface area contributed by atoms with Gasteiger partial charge in [-0.2, -0.15) is 0 Å². The number of rotatable bonds is 11. The van der Waals surface area contributed by atoms with E-state index >= 15 is 0 Å². The maximum Gasteiger partial charge on any atom is 0.316 e. The predicted octanol–water partition coefficient (Wildman–Crippen LogP) is 3.55. The van der Waals surface area contributed by atoms with Crippen LogP contribution in [0.3, 0.4) is 0 Å². The normalized spacial score (nSPS) is 11.0. The van der Waals surface area contributed by atoms with Crippen molar-refractivity contribution in [3.05, 3.63) is 34.8 Å². The molecule has 0 spiro atoms. The lowest BCUT2D eigenvalue weighted by atomic mass is 10.1. The minimum atomic E-state index is -0.535. The highest BCUT2D eigenvalue weighted by Gasteiger charge is 2.18. The number of Topliss-reactive ketones (excluding diaryl/α,β-unsaturated/α-hetero) is 1. The van der Waals surface area contributed by atoms with Gasteiger partial charge in [-0.05, 0) is 39.2 Å². The Morgan fingerprint density at radius 2 is 1.93 bits per heavy atom. The number of ether oxygens (including phenoxy) is 1. The van der Waals surface area contributed by atoms with Crippen LogP contribution in [-0.4, -0.2) is 45.5 Å². The molecule has 164 valence electrons. The third-order valence-electron chi connectivity index (χ3n) is 4.52. The molecule has 2 aromatic heterocycles. The minimum Gasteiger partial charge on any atom is -0.457 e. The van der Waals surface area contributed by atoms with E-state index in [2.05, 4.69) is 28.9 Å². The van der Waals surface area contributed by atoms with Crippen LogP contribution < -0.4 is 5.32 Å². The van der Waals surface area contributed by atoms with Crippen LogP contribution in [0.25, 0.3) is 0 Å². The molecular formula is C21H29N3O5S. The quantitative estimate of drug-likeness (QED) is 0.425. The molecule has 0 aliphatic carbocycles. The van der Waals surface area contributed by atoms with Gasteiger partial charge in [-0.25, -0.2) is 0 Å². The molecule has 0 fully saturated rings. The SMILES string of the molecule is Cc1cc(NC(=O)CSCC(=O)OCC(=O)c2cc(C)n(CCC(C)C)c2C)no1. The number of carbonyl (C=O) groups excluding carboxylic acids is 3. The Morgan fingerprint density at radius 3 is 2.57 bits per heavy atom. The molecule has 2 aromatic rings. The number of aromatic nitrogens is 2. The maximum absolute atomic E-state index is 12.5. The lowest BCUT2D eigenvalue weighted by Crippen LogP contribution is -2.18. The molecule has 9 heteroatoms. The van der Waals surface area contributed by atoms with Crippen molar-refractivity contribution in [2.75, 3.05) is 23.4 Å². The summed E-state index contributed by atoms with van der Waals surface area (Å²) in [5, 5.41) is 6.23. The lowest BCUT2D eigenvalue weighted by Gasteiger charge is -2.11. The van der Waals surface area contributed by atoms with Crippen LogP contribution in [0.5, 0.6) is 0 Å². The van der Waals surface area contributed by atoms with Gasteiger partial charge < -0.3 is 19.1 Å². The summed E-state index contributed by atoms with van der Waals surface area (Å²) in [6.07, 6.45) is 1.03. The molecule has 1 N–H and O–H groups in total. The molecule has 2 rings (SSSR count). The van der Waals surface area contributed by atoms with E-state index in [0.717, 1.165) is 36.1 Å². The number of nitrogens with one attached hydrogen (secondary N) is 1. The van der Waals surface area contributed by atoms with Crippen molar-refractivity contribution in [1.82, 2.24) is 9.72 Å². The first-order valence-corrected chi connectivity index (χ1v) is 11.0. The number of nitrogens with zero attached hydrogens (tertiary/aromatic N) is 2. The summed E-state index contributed by atoms with van der Waals surface area (Å²) >= 11 is 1.10. The highest BCUT2D eigenvalue weighted by molar-refractivity contribution is 8.00. The predicted molar refractivity (Wildman–Crippen MR) is 116 cm³/mol. The first-order valence-electron chi connectivity index (χ1n) is 9.83. The fourth-order valence-corrected chi connectivity index (χ4v) is 3.52. The fourth-order valence-electron chi connectivity index (χ4n) is 2.91. The summed E-state index contributed by atoms with van der Waals surface area (Å²) in [5.74, 6) is 0.474. The summed E-state index contributed by atoms with van der Waals surface area (Å²) in [7, 11) is 0. The van der Waals surface area contributed by atoms with E-state index < -0.39 is 5.97 Å². The Hall–Kier alpha value is -2.55. The first-order chi connectivity index (χ1) is 14.2. The van der Waals surface area contributed by atoms with Crippen LogP contribution in [0.1, 0.15) is 47.8 Å². The van der Waals surface area contributed by atoms with Gasteiger partial charge in [0.1, 0.15) is 5.76 Å². The van der Waals surface area contributed by atoms with E-state index in [1.165, 1.54) is 0 Å². The zero-order valence-electron chi connectivity index (χ0n) is 18.1. The zero-order valence-corrected chi connectivity index (χ0v) is 18.9. The molecule has 0 unspecified atom stereocenters. The third kappa shape index (κ3) is 7.05. The smallest absolute Gasteiger partial charge is 0.316 e. The van der Waals surface area contributed by atoms with Gasteiger partial charge in [-0.15, -0.1) is 11.8 Å². The number of carbonyl (C=O) groups is 3. The molecule has 0 aliphatic heterocycles. The van der Waals surface area contributed by atoms with Crippen LogP contribution in [0.4, 0.5) is 5.82 Å². The average Bonchev–Trinajstić information content (AvgIpc) is 3.20. The number of anilines is 1. The number of amides is 1. The van der Waals surface area contributed by atoms with E-state index in [4.69, 9.17) is 9.26 Å². The van der Waals surface area contributed by atoms with Crippen LogP contribution in [0.2, 0.25) is 0 Å². The molecule has 0 radical (unpaired) electrons. The molecule has 30 heavy (non-hydrogen) atoms. The minimum absolute atomic E-state index is 0.0219. The second-order valence-electron chi connectivity index (χ2n) is 7.57. The maximum atomic E-state index is 12.5. The molecule has 0 atom stereocenters. The summed E-state index contributed by atoms with van der Waals surface area (Å²) in [5.41, 5.74) is 2.49. The van der Waals surface area contributed by atoms with Crippen molar-refractivity contribution in [2.24, 2.45) is 5.92 Å². The fraction of sp³-hybridized carbons (Fsp3) is 0.524. The molecule has 0 aromatic carbocycles. The van der Waals surface area contributed by atoms with E-state index in [9.17, 15) is 14.4 Å². The average molecular weight is 436 g/mol. The number of ketones is 1. The van der Waals surface area contributed by atoms with Crippen LogP contribution in [0.15, 0.2) is 16.7 Å². The Balaban J connectivity index is 1.74. The molecule has 0 saturated carbocycles. The first kappa shape index (κ1) is 23.7. The lowest BCUT2D eigenvalue weighted by molar-refractivity contribution is -0.139. The van der Waals surface area contributed by atoms with Crippen LogP contribution in [-0.2, 0) is 20.9 Å². The number of thioether (sulfide) groups is 1. The van der Waals surface area contributed by atoms with Gasteiger partial charge in [-0.1, -0.05) is 19.0 Å². The third-order valence-corrected chi connectivity index (χ3v) is 5.42. The summed E-state index contributed by atoms with van der Waals surface area (Å²) < 4.78 is 12.1. The second-order valence-corrected chi connectivity index (χ2v) is 8.55. The Bertz CT molecular complexity index is 901. The number of hydrogen-bond acceptors (Lipinski definition) is 7. The molecular weight excluding hydrogens is 406 g/mol. The standard InChI is InChI=1S/C21H29N3O5S/c1-13(2)6-7-24-14(3)8-17(16(24)5)18(25)10-28-21(27)12-30-11-20(26)22-19-9-15(4)29-23-19/h8-9,13H,6-7,10-12H2,1-5H3,(H,22,23,26). The van der Waals surface area contributed by atoms with Crippen LogP contribution >= 0.6 is 11.8 Å². The summed E-state index contributed by atoms with van der Waals surface area (Å²) in [4.78, 5) is 36.2. The second kappa shape index (κ2) is 11.0. The highest BCUT2D eigenvalue weighted by Crippen LogP contribution is 2.18. The van der Waals surface area contributed by atoms with Gasteiger partial charge in [0.05, 0.1) is 11.5 Å². The zero-order chi connectivity index (χ0) is 22.3. The van der Waals surface area contributed by atoms with Gasteiger partial charge in [0.25, 0.3) is 0 Å². The van der Waals surface area contributed by atoms with Crippen molar-refractivity contribution in [2.45, 2.75) is 47.6 Å². The van der Waals surface area contributed by atoms with Crippen molar-refractivity contribution in [1.29, 1.82) is 0 Å². The van der Waals surface area contributed by atoms with Gasteiger partial charge in [0.15, 0.2) is 12.4 Å². The molecule has 8 nitrogen and oxygen atoms in total. The Labute approximate surface area is 180 Å². The van der Waals surface area contributed by atoms with E-state index in [1.54, 1.807) is 13.0 Å². The molecule has 0 bridgehead atoms. The van der Waals surface area contributed by atoms with Crippen molar-refractivity contribution in [3.8, 4) is 0 Å². The largest absolute Gasteiger partial charge is 0.457 e. The van der Waals surface area contributed by atoms with Gasteiger partial charge in [-0.3, -0.25) is 14.4 Å². The number of hydrogen-bond donors (Lipinski definition) is 1. The Morgan fingerprint density at radius 1 is 1.20 bits per heavy atom. The molecule has 0 aliphatic rings. The van der Waals surface area contributed by atoms with Gasteiger partial charge in [0, 0.05) is 29.6 Å². The molecule has 1 amide bonds. The van der Waals surface area contributed by atoms with Gasteiger partial charge in [0.2, 0.25) is 11.7 Å². The number of esters is 1. The topological polar surface area (TPSA) is 103 Å². The van der Waals surface area contributed by atoms with Crippen molar-refractivity contribution < 1.29 is 23.6 Å². The molecule has 2 heterocycles. The van der Waals surface area contributed by atoms with Crippen molar-refractivity contribution in [3.63, 3.8) is 0 Å². The number of aryl methyl sites for hydroxylation is 2. The monoisotopic (exact) mass is 435 g/mol. The Kier molecular flexibility index (Phi) is 8.71. The highest BCUT2D eigenvalue weighted by atomic mass is 32.2. The van der Waals surface area contributed by atoms with Crippen LogP contribution in [0, 0.1) is 26.7 Å². The summed E-state index contributed by atoms with van der Waals surface area (Å²) in [6.45, 7) is 10.5.